The van der Waals surface area contributed by atoms with Crippen molar-refractivity contribution in [1.82, 2.24) is 0 Å². The largest absolute Gasteiger partial charge is 0.399 e. The predicted molar refractivity (Wildman–Crippen MR) is 67.9 cm³/mol. The first-order chi connectivity index (χ1) is 8.25. The van der Waals surface area contributed by atoms with Crippen molar-refractivity contribution in [1.29, 1.82) is 0 Å². The summed E-state index contributed by atoms with van der Waals surface area (Å²) in [6.45, 7) is 4.97. The molecule has 0 bridgehead atoms. The maximum Gasteiger partial charge on any atom is 0.0721 e. The number of nitrogens with two attached hydrogens (primary N) is 1. The molecule has 0 aromatic heterocycles. The number of anilines is 1. The molecule has 0 atom stereocenters. The number of rotatable bonds is 8. The minimum Gasteiger partial charge on any atom is -0.399 e. The third kappa shape index (κ3) is 5.17. The van der Waals surface area contributed by atoms with Crippen molar-refractivity contribution in [3.8, 4) is 0 Å². The summed E-state index contributed by atoms with van der Waals surface area (Å²) in [5.41, 5.74) is 8.84. The highest BCUT2D eigenvalue weighted by Crippen LogP contribution is 2.15. The first-order valence-corrected chi connectivity index (χ1v) is 5.74. The second-order valence-corrected chi connectivity index (χ2v) is 3.79. The van der Waals surface area contributed by atoms with Gasteiger partial charge in [-0.1, -0.05) is 12.1 Å². The molecule has 0 spiro atoms. The molecule has 0 aliphatic rings. The van der Waals surface area contributed by atoms with Gasteiger partial charge in [-0.05, 0) is 24.1 Å². The SMILES string of the molecule is COCCOCCOCc1cccc(N)c1C. The lowest BCUT2D eigenvalue weighted by atomic mass is 10.1. The standard InChI is InChI=1S/C13H21NO3/c1-11-12(4-3-5-13(11)14)10-17-9-8-16-7-6-15-2/h3-5H,6-10,14H2,1-2H3. The lowest BCUT2D eigenvalue weighted by Gasteiger charge is -2.09. The van der Waals surface area contributed by atoms with E-state index >= 15 is 0 Å². The Morgan fingerprint density at radius 3 is 2.53 bits per heavy atom. The third-order valence-corrected chi connectivity index (χ3v) is 2.55. The Hall–Kier alpha value is -1.10. The summed E-state index contributed by atoms with van der Waals surface area (Å²) in [5, 5.41) is 0. The summed E-state index contributed by atoms with van der Waals surface area (Å²) >= 11 is 0. The van der Waals surface area contributed by atoms with Gasteiger partial charge in [0.2, 0.25) is 0 Å². The fraction of sp³-hybridized carbons (Fsp3) is 0.538. The quantitative estimate of drug-likeness (QED) is 0.555. The van der Waals surface area contributed by atoms with Crippen molar-refractivity contribution in [2.75, 3.05) is 39.3 Å². The monoisotopic (exact) mass is 239 g/mol. The molecule has 0 aliphatic heterocycles. The van der Waals surface area contributed by atoms with Crippen molar-refractivity contribution >= 4 is 5.69 Å². The van der Waals surface area contributed by atoms with Gasteiger partial charge in [0.1, 0.15) is 0 Å². The summed E-state index contributed by atoms with van der Waals surface area (Å²) in [5.74, 6) is 0. The molecule has 0 radical (unpaired) electrons. The van der Waals surface area contributed by atoms with Gasteiger partial charge >= 0.3 is 0 Å². The molecule has 0 amide bonds. The van der Waals surface area contributed by atoms with E-state index in [0.717, 1.165) is 16.8 Å². The summed E-state index contributed by atoms with van der Waals surface area (Å²) in [4.78, 5) is 0. The second kappa shape index (κ2) is 8.06. The molecule has 0 saturated carbocycles. The molecule has 1 aromatic rings. The average molecular weight is 239 g/mol. The van der Waals surface area contributed by atoms with Crippen LogP contribution in [-0.4, -0.2) is 33.5 Å². The van der Waals surface area contributed by atoms with Crippen molar-refractivity contribution in [2.24, 2.45) is 0 Å². The van der Waals surface area contributed by atoms with E-state index in [0.29, 0.717) is 33.0 Å². The smallest absolute Gasteiger partial charge is 0.0721 e. The van der Waals surface area contributed by atoms with E-state index in [1.54, 1.807) is 7.11 Å². The number of hydrogen-bond acceptors (Lipinski definition) is 4. The molecule has 0 fully saturated rings. The van der Waals surface area contributed by atoms with Gasteiger partial charge in [0.15, 0.2) is 0 Å². The Kier molecular flexibility index (Phi) is 6.62. The summed E-state index contributed by atoms with van der Waals surface area (Å²) in [6, 6.07) is 5.86. The first kappa shape index (κ1) is 14.0. The van der Waals surface area contributed by atoms with Crippen molar-refractivity contribution < 1.29 is 14.2 Å². The van der Waals surface area contributed by atoms with E-state index in [1.165, 1.54) is 0 Å². The molecular formula is C13H21NO3. The van der Waals surface area contributed by atoms with Gasteiger partial charge in [-0.2, -0.15) is 0 Å². The number of benzene rings is 1. The number of methoxy groups -OCH3 is 1. The Morgan fingerprint density at radius 2 is 1.76 bits per heavy atom. The van der Waals surface area contributed by atoms with Crippen LogP contribution in [0.5, 0.6) is 0 Å². The Balaban J connectivity index is 2.16. The van der Waals surface area contributed by atoms with Crippen LogP contribution in [0.2, 0.25) is 0 Å². The van der Waals surface area contributed by atoms with E-state index in [9.17, 15) is 0 Å². The van der Waals surface area contributed by atoms with Gasteiger partial charge in [0, 0.05) is 12.8 Å². The highest BCUT2D eigenvalue weighted by Gasteiger charge is 2.00. The van der Waals surface area contributed by atoms with Crippen molar-refractivity contribution in [2.45, 2.75) is 13.5 Å². The molecule has 0 heterocycles. The highest BCUT2D eigenvalue weighted by atomic mass is 16.5. The topological polar surface area (TPSA) is 53.7 Å². The van der Waals surface area contributed by atoms with E-state index < -0.39 is 0 Å². The van der Waals surface area contributed by atoms with Crippen LogP contribution in [0, 0.1) is 6.92 Å². The lowest BCUT2D eigenvalue weighted by Crippen LogP contribution is -2.08. The van der Waals surface area contributed by atoms with E-state index in [4.69, 9.17) is 19.9 Å². The summed E-state index contributed by atoms with van der Waals surface area (Å²) < 4.78 is 15.7. The van der Waals surface area contributed by atoms with Crippen LogP contribution in [0.4, 0.5) is 5.69 Å². The number of hydrogen-bond donors (Lipinski definition) is 1. The second-order valence-electron chi connectivity index (χ2n) is 3.79. The number of ether oxygens (including phenoxy) is 3. The molecule has 4 nitrogen and oxygen atoms in total. The zero-order chi connectivity index (χ0) is 12.5. The fourth-order valence-electron chi connectivity index (χ4n) is 1.40. The molecule has 0 aliphatic carbocycles. The van der Waals surface area contributed by atoms with Gasteiger partial charge < -0.3 is 19.9 Å². The van der Waals surface area contributed by atoms with Crippen LogP contribution >= 0.6 is 0 Å². The normalized spacial score (nSPS) is 10.7. The number of nitrogen functional groups attached to an aromatic ring is 1. The van der Waals surface area contributed by atoms with Crippen LogP contribution < -0.4 is 5.73 Å². The third-order valence-electron chi connectivity index (χ3n) is 2.55. The Morgan fingerprint density at radius 1 is 1.06 bits per heavy atom. The summed E-state index contributed by atoms with van der Waals surface area (Å²) in [7, 11) is 1.66. The molecular weight excluding hydrogens is 218 g/mol. The lowest BCUT2D eigenvalue weighted by molar-refractivity contribution is 0.0199. The molecule has 0 saturated heterocycles. The molecule has 4 heteroatoms. The minimum atomic E-state index is 0.574. The van der Waals surface area contributed by atoms with Gasteiger partial charge in [-0.15, -0.1) is 0 Å². The summed E-state index contributed by atoms with van der Waals surface area (Å²) in [6.07, 6.45) is 0. The van der Waals surface area contributed by atoms with Gasteiger partial charge in [0.05, 0.1) is 33.0 Å². The molecule has 0 unspecified atom stereocenters. The van der Waals surface area contributed by atoms with Gasteiger partial charge in [0.25, 0.3) is 0 Å². The maximum atomic E-state index is 5.81. The average Bonchev–Trinajstić information content (AvgIpc) is 2.33. The molecule has 96 valence electrons. The van der Waals surface area contributed by atoms with Gasteiger partial charge in [-0.3, -0.25) is 0 Å². The molecule has 1 aromatic carbocycles. The Bertz CT molecular complexity index is 328. The van der Waals surface area contributed by atoms with Crippen LogP contribution in [0.15, 0.2) is 18.2 Å². The van der Waals surface area contributed by atoms with E-state index in [-0.39, 0.29) is 0 Å². The van der Waals surface area contributed by atoms with Crippen LogP contribution in [0.1, 0.15) is 11.1 Å². The first-order valence-electron chi connectivity index (χ1n) is 5.74. The molecule has 17 heavy (non-hydrogen) atoms. The van der Waals surface area contributed by atoms with E-state index in [2.05, 4.69) is 0 Å². The molecule has 2 N–H and O–H groups in total. The zero-order valence-electron chi connectivity index (χ0n) is 10.6. The molecule has 1 rings (SSSR count). The van der Waals surface area contributed by atoms with Crippen molar-refractivity contribution in [3.05, 3.63) is 29.3 Å². The van der Waals surface area contributed by atoms with Crippen molar-refractivity contribution in [3.63, 3.8) is 0 Å². The maximum absolute atomic E-state index is 5.81. The van der Waals surface area contributed by atoms with Crippen LogP contribution in [0.25, 0.3) is 0 Å². The predicted octanol–water partition coefficient (Wildman–Crippen LogP) is 1.76. The minimum absolute atomic E-state index is 0.574. The fourth-order valence-corrected chi connectivity index (χ4v) is 1.40. The van der Waals surface area contributed by atoms with Gasteiger partial charge in [-0.25, -0.2) is 0 Å². The van der Waals surface area contributed by atoms with E-state index in [1.807, 2.05) is 25.1 Å². The highest BCUT2D eigenvalue weighted by molar-refractivity contribution is 5.49. The zero-order valence-corrected chi connectivity index (χ0v) is 10.6. The van der Waals surface area contributed by atoms with Crippen LogP contribution in [-0.2, 0) is 20.8 Å². The van der Waals surface area contributed by atoms with Crippen LogP contribution in [0.3, 0.4) is 0 Å². The Labute approximate surface area is 103 Å².